The van der Waals surface area contributed by atoms with Crippen LogP contribution in [0.1, 0.15) is 31.4 Å². The molecule has 1 aliphatic rings. The second-order valence-corrected chi connectivity index (χ2v) is 5.05. The number of nitrogens with one attached hydrogen (secondary N) is 1. The Morgan fingerprint density at radius 1 is 1.58 bits per heavy atom. The van der Waals surface area contributed by atoms with Gasteiger partial charge < -0.3 is 15.3 Å². The minimum Gasteiger partial charge on any atom is -0.389 e. The number of carbonyl (C=O) groups is 1. The van der Waals surface area contributed by atoms with Crippen molar-refractivity contribution < 1.29 is 14.3 Å². The first-order chi connectivity index (χ1) is 8.99. The fourth-order valence-corrected chi connectivity index (χ4v) is 2.07. The van der Waals surface area contributed by atoms with Crippen LogP contribution in [0.2, 0.25) is 0 Å². The highest BCUT2D eigenvalue weighted by molar-refractivity contribution is 5.82. The van der Waals surface area contributed by atoms with Crippen LogP contribution in [0.3, 0.4) is 0 Å². The van der Waals surface area contributed by atoms with E-state index in [1.807, 2.05) is 0 Å². The van der Waals surface area contributed by atoms with Gasteiger partial charge in [0.1, 0.15) is 5.82 Å². The van der Waals surface area contributed by atoms with Gasteiger partial charge in [-0.3, -0.25) is 4.79 Å². The molecule has 1 aliphatic carbocycles. The van der Waals surface area contributed by atoms with E-state index >= 15 is 0 Å². The summed E-state index contributed by atoms with van der Waals surface area (Å²) in [5.74, 6) is -0.551. The van der Waals surface area contributed by atoms with Crippen LogP contribution in [0.4, 0.5) is 10.1 Å². The Balaban J connectivity index is 2.12. The van der Waals surface area contributed by atoms with Crippen LogP contribution >= 0.6 is 0 Å². The molecular weight excluding hydrogens is 247 g/mol. The number of likely N-dealkylation sites (N-methyl/N-ethyl adjacent to an activating group) is 1. The molecule has 1 unspecified atom stereocenters. The number of aliphatic hydroxyl groups is 1. The number of aliphatic hydroxyl groups excluding tert-OH is 1. The van der Waals surface area contributed by atoms with Crippen molar-refractivity contribution in [2.45, 2.75) is 31.9 Å². The topological polar surface area (TPSA) is 52.6 Å². The summed E-state index contributed by atoms with van der Waals surface area (Å²) in [6.07, 6.45) is 1.27. The van der Waals surface area contributed by atoms with Crippen molar-refractivity contribution in [1.29, 1.82) is 0 Å². The van der Waals surface area contributed by atoms with Crippen LogP contribution in [-0.4, -0.2) is 30.6 Å². The number of anilines is 1. The van der Waals surface area contributed by atoms with E-state index in [1.165, 1.54) is 11.0 Å². The first-order valence-electron chi connectivity index (χ1n) is 6.46. The maximum Gasteiger partial charge on any atom is 0.239 e. The zero-order valence-electron chi connectivity index (χ0n) is 11.2. The summed E-state index contributed by atoms with van der Waals surface area (Å²) in [7, 11) is 1.65. The van der Waals surface area contributed by atoms with E-state index in [1.54, 1.807) is 26.1 Å². The van der Waals surface area contributed by atoms with Crippen LogP contribution in [0.15, 0.2) is 18.2 Å². The maximum absolute atomic E-state index is 13.9. The van der Waals surface area contributed by atoms with Gasteiger partial charge >= 0.3 is 0 Å². The zero-order chi connectivity index (χ0) is 14.0. The van der Waals surface area contributed by atoms with Gasteiger partial charge in [0.25, 0.3) is 0 Å². The number of benzene rings is 1. The van der Waals surface area contributed by atoms with Gasteiger partial charge in [-0.15, -0.1) is 0 Å². The molecule has 0 bridgehead atoms. The Morgan fingerprint density at radius 3 is 2.84 bits per heavy atom. The maximum atomic E-state index is 13.9. The quantitative estimate of drug-likeness (QED) is 0.851. The van der Waals surface area contributed by atoms with E-state index in [4.69, 9.17) is 0 Å². The number of halogens is 1. The summed E-state index contributed by atoms with van der Waals surface area (Å²) in [4.78, 5) is 13.3. The predicted octanol–water partition coefficient (Wildman–Crippen LogP) is 1.59. The largest absolute Gasteiger partial charge is 0.389 e. The molecule has 0 aromatic heterocycles. The lowest BCUT2D eigenvalue weighted by atomic mass is 10.1. The molecule has 4 nitrogen and oxygen atoms in total. The Hall–Kier alpha value is -1.62. The van der Waals surface area contributed by atoms with Crippen molar-refractivity contribution >= 4 is 11.6 Å². The third kappa shape index (κ3) is 3.44. The molecule has 2 N–H and O–H groups in total. The van der Waals surface area contributed by atoms with E-state index in [0.29, 0.717) is 5.56 Å². The molecule has 1 atom stereocenters. The van der Waals surface area contributed by atoms with Crippen molar-refractivity contribution in [3.8, 4) is 0 Å². The van der Waals surface area contributed by atoms with Gasteiger partial charge in [0.15, 0.2) is 0 Å². The standard InChI is InChI=1S/C14H19FN2O2/c1-9(18)11-4-3-5-12(15)14(11)17(2)8-13(19)16-10-6-7-10/h3-5,9-10,18H,6-8H2,1-2H3,(H,16,19). The lowest BCUT2D eigenvalue weighted by Gasteiger charge is -2.23. The summed E-state index contributed by atoms with van der Waals surface area (Å²) in [6.45, 7) is 1.66. The molecule has 1 aromatic carbocycles. The van der Waals surface area contributed by atoms with Crippen molar-refractivity contribution in [2.24, 2.45) is 0 Å². The van der Waals surface area contributed by atoms with Crippen LogP contribution < -0.4 is 10.2 Å². The van der Waals surface area contributed by atoms with E-state index in [2.05, 4.69) is 5.32 Å². The molecule has 2 rings (SSSR count). The molecule has 19 heavy (non-hydrogen) atoms. The smallest absolute Gasteiger partial charge is 0.239 e. The Kier molecular flexibility index (Phi) is 4.04. The molecular formula is C14H19FN2O2. The number of amides is 1. The normalized spacial score (nSPS) is 16.0. The van der Waals surface area contributed by atoms with E-state index in [9.17, 15) is 14.3 Å². The van der Waals surface area contributed by atoms with Gasteiger partial charge in [-0.1, -0.05) is 12.1 Å². The Bertz CT molecular complexity index is 473. The zero-order valence-corrected chi connectivity index (χ0v) is 11.2. The van der Waals surface area contributed by atoms with E-state index in [-0.39, 0.29) is 24.2 Å². The average Bonchev–Trinajstić information content (AvgIpc) is 3.11. The van der Waals surface area contributed by atoms with E-state index in [0.717, 1.165) is 12.8 Å². The Morgan fingerprint density at radius 2 is 2.26 bits per heavy atom. The summed E-state index contributed by atoms with van der Waals surface area (Å²) < 4.78 is 13.9. The minimum absolute atomic E-state index is 0.0805. The van der Waals surface area contributed by atoms with Crippen molar-refractivity contribution in [3.63, 3.8) is 0 Å². The third-order valence-electron chi connectivity index (χ3n) is 3.17. The van der Waals surface area contributed by atoms with E-state index < -0.39 is 11.9 Å². The highest BCUT2D eigenvalue weighted by Gasteiger charge is 2.24. The Labute approximate surface area is 112 Å². The summed E-state index contributed by atoms with van der Waals surface area (Å²) in [5.41, 5.74) is 0.769. The molecule has 1 amide bonds. The van der Waals surface area contributed by atoms with Crippen LogP contribution in [-0.2, 0) is 4.79 Å². The van der Waals surface area contributed by atoms with Crippen LogP contribution in [0.25, 0.3) is 0 Å². The average molecular weight is 266 g/mol. The van der Waals surface area contributed by atoms with Gasteiger partial charge in [-0.05, 0) is 25.8 Å². The third-order valence-corrected chi connectivity index (χ3v) is 3.17. The first kappa shape index (κ1) is 13.8. The molecule has 104 valence electrons. The molecule has 0 aliphatic heterocycles. The van der Waals surface area contributed by atoms with Gasteiger partial charge in [0, 0.05) is 18.7 Å². The van der Waals surface area contributed by atoms with Gasteiger partial charge in [-0.2, -0.15) is 0 Å². The molecule has 5 heteroatoms. The highest BCUT2D eigenvalue weighted by atomic mass is 19.1. The van der Waals surface area contributed by atoms with Crippen molar-refractivity contribution in [3.05, 3.63) is 29.6 Å². The molecule has 0 spiro atoms. The lowest BCUT2D eigenvalue weighted by Crippen LogP contribution is -2.37. The second kappa shape index (κ2) is 5.57. The van der Waals surface area contributed by atoms with Gasteiger partial charge in [0.2, 0.25) is 5.91 Å². The molecule has 1 fully saturated rings. The molecule has 1 aromatic rings. The predicted molar refractivity (Wildman–Crippen MR) is 71.5 cm³/mol. The minimum atomic E-state index is -0.778. The van der Waals surface area contributed by atoms with Gasteiger partial charge in [0.05, 0.1) is 18.3 Å². The fourth-order valence-electron chi connectivity index (χ4n) is 2.07. The fraction of sp³-hybridized carbons (Fsp3) is 0.500. The van der Waals surface area contributed by atoms with Gasteiger partial charge in [-0.25, -0.2) is 4.39 Å². The number of hydrogen-bond acceptors (Lipinski definition) is 3. The highest BCUT2D eigenvalue weighted by Crippen LogP contribution is 2.28. The molecule has 0 radical (unpaired) electrons. The SMILES string of the molecule is CC(O)c1cccc(F)c1N(C)CC(=O)NC1CC1. The van der Waals surface area contributed by atoms with Crippen LogP contribution in [0.5, 0.6) is 0 Å². The second-order valence-electron chi connectivity index (χ2n) is 5.05. The molecule has 1 saturated carbocycles. The number of para-hydroxylation sites is 1. The van der Waals surface area contributed by atoms with Crippen LogP contribution in [0, 0.1) is 5.82 Å². The van der Waals surface area contributed by atoms with Crippen molar-refractivity contribution in [1.82, 2.24) is 5.32 Å². The first-order valence-corrected chi connectivity index (χ1v) is 6.46. The summed E-state index contributed by atoms with van der Waals surface area (Å²) in [5, 5.41) is 12.5. The monoisotopic (exact) mass is 266 g/mol. The number of rotatable bonds is 5. The van der Waals surface area contributed by atoms with Crippen molar-refractivity contribution in [2.75, 3.05) is 18.5 Å². The number of nitrogens with zero attached hydrogens (tertiary/aromatic N) is 1. The lowest BCUT2D eigenvalue weighted by molar-refractivity contribution is -0.119. The summed E-state index contributed by atoms with van der Waals surface area (Å²) >= 11 is 0. The number of carbonyl (C=O) groups excluding carboxylic acids is 1. The number of hydrogen-bond donors (Lipinski definition) is 2. The summed E-state index contributed by atoms with van der Waals surface area (Å²) in [6, 6.07) is 4.84. The molecule has 0 saturated heterocycles. The molecule has 0 heterocycles.